The molecule has 1 heterocycles. The zero-order valence-corrected chi connectivity index (χ0v) is 9.35. The van der Waals surface area contributed by atoms with Crippen molar-refractivity contribution >= 4 is 5.84 Å². The second-order valence-corrected chi connectivity index (χ2v) is 3.96. The minimum absolute atomic E-state index is 0.270. The number of ether oxygens (including phenoxy) is 1. The van der Waals surface area contributed by atoms with E-state index in [4.69, 9.17) is 15.7 Å². The summed E-state index contributed by atoms with van der Waals surface area (Å²) in [5, 5.41) is 11.5. The molecular weight excluding hydrogens is 194 g/mol. The molecule has 1 fully saturated rings. The van der Waals surface area contributed by atoms with Gasteiger partial charge in [0, 0.05) is 13.2 Å². The molecule has 0 bridgehead atoms. The Morgan fingerprint density at radius 1 is 1.67 bits per heavy atom. The minimum atomic E-state index is 0.270. The van der Waals surface area contributed by atoms with Crippen LogP contribution in [0.25, 0.3) is 0 Å². The highest BCUT2D eigenvalue weighted by atomic mass is 16.5. The summed E-state index contributed by atoms with van der Waals surface area (Å²) in [5.74, 6) is 0.270. The molecule has 0 spiro atoms. The first-order chi connectivity index (χ1) is 7.26. The predicted molar refractivity (Wildman–Crippen MR) is 59.1 cm³/mol. The molecule has 0 aromatic heterocycles. The molecule has 1 aliphatic rings. The molecule has 1 atom stereocenters. The zero-order chi connectivity index (χ0) is 11.1. The van der Waals surface area contributed by atoms with Crippen molar-refractivity contribution < 1.29 is 9.94 Å². The SMILES string of the molecule is CCCOC1CCCN(CC(N)=NO)C1. The zero-order valence-electron chi connectivity index (χ0n) is 9.35. The van der Waals surface area contributed by atoms with E-state index in [2.05, 4.69) is 17.0 Å². The van der Waals surface area contributed by atoms with Gasteiger partial charge in [-0.15, -0.1) is 0 Å². The van der Waals surface area contributed by atoms with Gasteiger partial charge in [0.25, 0.3) is 0 Å². The number of likely N-dealkylation sites (tertiary alicyclic amines) is 1. The first-order valence-corrected chi connectivity index (χ1v) is 5.56. The Morgan fingerprint density at radius 3 is 3.13 bits per heavy atom. The molecule has 0 aromatic carbocycles. The summed E-state index contributed by atoms with van der Waals surface area (Å²) in [4.78, 5) is 2.17. The van der Waals surface area contributed by atoms with Crippen LogP contribution in [-0.2, 0) is 4.74 Å². The summed E-state index contributed by atoms with van der Waals surface area (Å²) in [6, 6.07) is 0. The molecule has 88 valence electrons. The molecule has 5 nitrogen and oxygen atoms in total. The standard InChI is InChI=1S/C10H21N3O2/c1-2-6-15-9-4-3-5-13(7-9)8-10(11)12-14/h9,14H,2-8H2,1H3,(H2,11,12). The Kier molecular flexibility index (Phi) is 5.42. The summed E-state index contributed by atoms with van der Waals surface area (Å²) in [5.41, 5.74) is 5.47. The third kappa shape index (κ3) is 4.48. The molecule has 0 radical (unpaired) electrons. The lowest BCUT2D eigenvalue weighted by Crippen LogP contribution is -2.43. The minimum Gasteiger partial charge on any atom is -0.409 e. The lowest BCUT2D eigenvalue weighted by Gasteiger charge is -2.32. The molecule has 1 rings (SSSR count). The van der Waals surface area contributed by atoms with E-state index >= 15 is 0 Å². The van der Waals surface area contributed by atoms with Crippen molar-refractivity contribution in [2.75, 3.05) is 26.2 Å². The van der Waals surface area contributed by atoms with Crippen molar-refractivity contribution in [2.45, 2.75) is 32.3 Å². The maximum absolute atomic E-state index is 8.48. The van der Waals surface area contributed by atoms with Crippen molar-refractivity contribution in [1.29, 1.82) is 0 Å². The Hall–Kier alpha value is -0.810. The van der Waals surface area contributed by atoms with Crippen molar-refractivity contribution in [2.24, 2.45) is 10.9 Å². The molecule has 1 saturated heterocycles. The van der Waals surface area contributed by atoms with Crippen LogP contribution in [-0.4, -0.2) is 48.3 Å². The fourth-order valence-corrected chi connectivity index (χ4v) is 1.84. The van der Waals surface area contributed by atoms with E-state index < -0.39 is 0 Å². The molecule has 15 heavy (non-hydrogen) atoms. The van der Waals surface area contributed by atoms with Crippen LogP contribution in [0, 0.1) is 0 Å². The Labute approximate surface area is 90.9 Å². The highest BCUT2D eigenvalue weighted by molar-refractivity contribution is 5.81. The highest BCUT2D eigenvalue weighted by Crippen LogP contribution is 2.12. The second-order valence-electron chi connectivity index (χ2n) is 3.96. The van der Waals surface area contributed by atoms with E-state index in [1.807, 2.05) is 0 Å². The van der Waals surface area contributed by atoms with Gasteiger partial charge in [-0.1, -0.05) is 12.1 Å². The average molecular weight is 215 g/mol. The van der Waals surface area contributed by atoms with Gasteiger partial charge < -0.3 is 15.7 Å². The van der Waals surface area contributed by atoms with Gasteiger partial charge in [0.2, 0.25) is 0 Å². The molecule has 0 amide bonds. The first kappa shape index (κ1) is 12.3. The topological polar surface area (TPSA) is 71.1 Å². The van der Waals surface area contributed by atoms with Gasteiger partial charge in [0.15, 0.2) is 5.84 Å². The number of piperidine rings is 1. The number of oxime groups is 1. The van der Waals surface area contributed by atoms with Crippen LogP contribution in [0.2, 0.25) is 0 Å². The normalized spacial score (nSPS) is 24.3. The molecule has 1 unspecified atom stereocenters. The number of amidine groups is 1. The van der Waals surface area contributed by atoms with E-state index in [1.165, 1.54) is 0 Å². The van der Waals surface area contributed by atoms with Crippen LogP contribution in [0.1, 0.15) is 26.2 Å². The van der Waals surface area contributed by atoms with Crippen LogP contribution < -0.4 is 5.73 Å². The van der Waals surface area contributed by atoms with Crippen molar-refractivity contribution in [3.8, 4) is 0 Å². The lowest BCUT2D eigenvalue weighted by molar-refractivity contribution is 0.00391. The van der Waals surface area contributed by atoms with E-state index in [0.29, 0.717) is 12.6 Å². The average Bonchev–Trinajstić information content (AvgIpc) is 2.26. The van der Waals surface area contributed by atoms with Gasteiger partial charge in [-0.2, -0.15) is 0 Å². The predicted octanol–water partition coefficient (Wildman–Crippen LogP) is 0.624. The van der Waals surface area contributed by atoms with E-state index in [9.17, 15) is 0 Å². The number of nitrogens with zero attached hydrogens (tertiary/aromatic N) is 2. The highest BCUT2D eigenvalue weighted by Gasteiger charge is 2.20. The van der Waals surface area contributed by atoms with Gasteiger partial charge in [0.05, 0.1) is 12.6 Å². The summed E-state index contributed by atoms with van der Waals surface area (Å²) < 4.78 is 5.69. The number of hydrogen-bond donors (Lipinski definition) is 2. The van der Waals surface area contributed by atoms with Gasteiger partial charge >= 0.3 is 0 Å². The summed E-state index contributed by atoms with van der Waals surface area (Å²) in [6.45, 7) is 5.35. The van der Waals surface area contributed by atoms with Gasteiger partial charge in [-0.3, -0.25) is 4.90 Å². The van der Waals surface area contributed by atoms with E-state index in [1.54, 1.807) is 0 Å². The largest absolute Gasteiger partial charge is 0.409 e. The molecule has 0 aliphatic carbocycles. The Bertz CT molecular complexity index is 209. The van der Waals surface area contributed by atoms with Crippen molar-refractivity contribution in [1.82, 2.24) is 4.90 Å². The van der Waals surface area contributed by atoms with Crippen LogP contribution in [0.3, 0.4) is 0 Å². The molecule has 1 aliphatic heterocycles. The monoisotopic (exact) mass is 215 g/mol. The maximum atomic E-state index is 8.48. The second kappa shape index (κ2) is 6.63. The van der Waals surface area contributed by atoms with E-state index in [-0.39, 0.29) is 5.84 Å². The molecule has 3 N–H and O–H groups in total. The molecular formula is C10H21N3O2. The summed E-state index contributed by atoms with van der Waals surface area (Å²) in [6.07, 6.45) is 3.60. The third-order valence-corrected chi connectivity index (χ3v) is 2.53. The number of rotatable bonds is 5. The molecule has 0 aromatic rings. The summed E-state index contributed by atoms with van der Waals surface area (Å²) in [7, 11) is 0. The lowest BCUT2D eigenvalue weighted by atomic mass is 10.1. The molecule has 0 saturated carbocycles. The van der Waals surface area contributed by atoms with Gasteiger partial charge in [0.1, 0.15) is 0 Å². The van der Waals surface area contributed by atoms with Crippen LogP contribution in [0.4, 0.5) is 0 Å². The quantitative estimate of drug-likeness (QED) is 0.305. The third-order valence-electron chi connectivity index (χ3n) is 2.53. The first-order valence-electron chi connectivity index (χ1n) is 5.56. The van der Waals surface area contributed by atoms with Crippen LogP contribution in [0.5, 0.6) is 0 Å². The van der Waals surface area contributed by atoms with Crippen molar-refractivity contribution in [3.05, 3.63) is 0 Å². The number of hydrogen-bond acceptors (Lipinski definition) is 4. The summed E-state index contributed by atoms with van der Waals surface area (Å²) >= 11 is 0. The van der Waals surface area contributed by atoms with Gasteiger partial charge in [-0.05, 0) is 25.8 Å². The smallest absolute Gasteiger partial charge is 0.153 e. The van der Waals surface area contributed by atoms with Crippen molar-refractivity contribution in [3.63, 3.8) is 0 Å². The van der Waals surface area contributed by atoms with Gasteiger partial charge in [-0.25, -0.2) is 0 Å². The number of nitrogens with two attached hydrogens (primary N) is 1. The Balaban J connectivity index is 2.28. The van der Waals surface area contributed by atoms with Crippen LogP contribution in [0.15, 0.2) is 5.16 Å². The maximum Gasteiger partial charge on any atom is 0.153 e. The fraction of sp³-hybridized carbons (Fsp3) is 0.900. The Morgan fingerprint density at radius 2 is 2.47 bits per heavy atom. The van der Waals surface area contributed by atoms with E-state index in [0.717, 1.165) is 39.0 Å². The molecule has 5 heteroatoms. The van der Waals surface area contributed by atoms with Crippen LogP contribution >= 0.6 is 0 Å². The fourth-order valence-electron chi connectivity index (χ4n) is 1.84.